The van der Waals surface area contributed by atoms with Crippen molar-refractivity contribution < 1.29 is 5.11 Å². The van der Waals surface area contributed by atoms with Crippen LogP contribution in [0.2, 0.25) is 0 Å². The Balaban J connectivity index is 1.89. The van der Waals surface area contributed by atoms with Gasteiger partial charge >= 0.3 is 0 Å². The summed E-state index contributed by atoms with van der Waals surface area (Å²) in [5.41, 5.74) is 0. The first-order valence-electron chi connectivity index (χ1n) is 4.67. The smallest absolute Gasteiger partial charge is 0.153 e. The van der Waals surface area contributed by atoms with Crippen molar-refractivity contribution in [3.63, 3.8) is 0 Å². The summed E-state index contributed by atoms with van der Waals surface area (Å²) in [7, 11) is 0. The Hall–Kier alpha value is -0.640. The monoisotopic (exact) mass is 198 g/mol. The second-order valence-corrected chi connectivity index (χ2v) is 4.82. The molecule has 0 radical (unpaired) electrons. The highest BCUT2D eigenvalue weighted by molar-refractivity contribution is 7.99. The van der Waals surface area contributed by atoms with Crippen molar-refractivity contribution >= 4 is 11.8 Å². The quantitative estimate of drug-likeness (QED) is 0.788. The van der Waals surface area contributed by atoms with E-state index in [4.69, 9.17) is 5.11 Å². The molecule has 1 aromatic heterocycles. The van der Waals surface area contributed by atoms with Crippen LogP contribution in [-0.4, -0.2) is 25.9 Å². The summed E-state index contributed by atoms with van der Waals surface area (Å²) in [6.45, 7) is 0.936. The van der Waals surface area contributed by atoms with Crippen LogP contribution < -0.4 is 0 Å². The van der Waals surface area contributed by atoms with E-state index in [1.807, 2.05) is 16.4 Å². The fourth-order valence-electron chi connectivity index (χ4n) is 1.61. The van der Waals surface area contributed by atoms with Crippen LogP contribution in [0.5, 0.6) is 5.75 Å². The highest BCUT2D eigenvalue weighted by Gasteiger charge is 2.14. The van der Waals surface area contributed by atoms with Gasteiger partial charge in [0, 0.05) is 5.25 Å². The number of aromatic nitrogens is 2. The van der Waals surface area contributed by atoms with Crippen LogP contribution in [-0.2, 0) is 6.54 Å². The zero-order valence-corrected chi connectivity index (χ0v) is 8.33. The highest BCUT2D eigenvalue weighted by Crippen LogP contribution is 2.26. The van der Waals surface area contributed by atoms with Crippen molar-refractivity contribution in [2.75, 3.05) is 5.75 Å². The van der Waals surface area contributed by atoms with Crippen LogP contribution >= 0.6 is 11.8 Å². The van der Waals surface area contributed by atoms with Gasteiger partial charge in [-0.1, -0.05) is 6.42 Å². The first-order chi connectivity index (χ1) is 6.34. The Morgan fingerprint density at radius 3 is 3.15 bits per heavy atom. The van der Waals surface area contributed by atoms with E-state index < -0.39 is 0 Å². The second-order valence-electron chi connectivity index (χ2n) is 3.41. The molecule has 1 unspecified atom stereocenters. The molecule has 72 valence electrons. The fourth-order valence-corrected chi connectivity index (χ4v) is 2.91. The predicted molar refractivity (Wildman–Crippen MR) is 54.0 cm³/mol. The molecule has 13 heavy (non-hydrogen) atoms. The van der Waals surface area contributed by atoms with Crippen LogP contribution in [0.15, 0.2) is 12.4 Å². The van der Waals surface area contributed by atoms with Gasteiger partial charge in [-0.15, -0.1) is 0 Å². The maximum absolute atomic E-state index is 9.09. The van der Waals surface area contributed by atoms with E-state index in [1.54, 1.807) is 6.20 Å². The molecular formula is C9H14N2OS. The molecule has 1 fully saturated rings. The lowest BCUT2D eigenvalue weighted by atomic mass is 10.2. The number of nitrogens with zero attached hydrogens (tertiary/aromatic N) is 2. The van der Waals surface area contributed by atoms with Crippen molar-refractivity contribution in [2.24, 2.45) is 0 Å². The number of hydrogen-bond donors (Lipinski definition) is 1. The normalized spacial score (nSPS) is 23.2. The highest BCUT2D eigenvalue weighted by atomic mass is 32.2. The van der Waals surface area contributed by atoms with E-state index in [9.17, 15) is 0 Å². The van der Waals surface area contributed by atoms with Crippen LogP contribution in [0.25, 0.3) is 0 Å². The number of hydrogen-bond acceptors (Lipinski definition) is 3. The lowest BCUT2D eigenvalue weighted by molar-refractivity contribution is 0.472. The number of thioether (sulfide) groups is 1. The van der Waals surface area contributed by atoms with Gasteiger partial charge in [-0.05, 0) is 18.6 Å². The summed E-state index contributed by atoms with van der Waals surface area (Å²) in [5, 5.41) is 13.8. The Morgan fingerprint density at radius 2 is 2.54 bits per heavy atom. The maximum Gasteiger partial charge on any atom is 0.153 e. The molecular weight excluding hydrogens is 184 g/mol. The Labute approximate surface area is 82.1 Å². The zero-order valence-electron chi connectivity index (χ0n) is 7.52. The molecule has 1 atom stereocenters. The first kappa shape index (κ1) is 8.94. The van der Waals surface area contributed by atoms with Gasteiger partial charge in [-0.2, -0.15) is 16.9 Å². The summed E-state index contributed by atoms with van der Waals surface area (Å²) in [5.74, 6) is 1.54. The average Bonchev–Trinajstić information content (AvgIpc) is 2.53. The summed E-state index contributed by atoms with van der Waals surface area (Å²) in [4.78, 5) is 0. The van der Waals surface area contributed by atoms with Crippen LogP contribution in [0, 0.1) is 0 Å². The van der Waals surface area contributed by atoms with Crippen molar-refractivity contribution in [2.45, 2.75) is 31.1 Å². The molecule has 1 aliphatic rings. The molecule has 1 saturated heterocycles. The van der Waals surface area contributed by atoms with Gasteiger partial charge in [-0.25, -0.2) is 0 Å². The second kappa shape index (κ2) is 4.05. The largest absolute Gasteiger partial charge is 0.505 e. The third kappa shape index (κ3) is 2.40. The van der Waals surface area contributed by atoms with Gasteiger partial charge in [0.05, 0.1) is 18.9 Å². The maximum atomic E-state index is 9.09. The van der Waals surface area contributed by atoms with Crippen molar-refractivity contribution in [1.82, 2.24) is 9.78 Å². The standard InChI is InChI=1S/C9H14N2OS/c12-8-5-10-11(6-8)7-9-3-1-2-4-13-9/h5-6,9,12H,1-4,7H2. The third-order valence-electron chi connectivity index (χ3n) is 2.28. The number of aromatic hydroxyl groups is 1. The van der Waals surface area contributed by atoms with Gasteiger partial charge in [0.2, 0.25) is 0 Å². The molecule has 0 amide bonds. The van der Waals surface area contributed by atoms with Crippen LogP contribution in [0.1, 0.15) is 19.3 Å². The predicted octanol–water partition coefficient (Wildman–Crippen LogP) is 1.87. The molecule has 0 aliphatic carbocycles. The Kier molecular flexibility index (Phi) is 2.78. The molecule has 1 aliphatic heterocycles. The Bertz CT molecular complexity index is 268. The van der Waals surface area contributed by atoms with Crippen LogP contribution in [0.4, 0.5) is 0 Å². The summed E-state index contributed by atoms with van der Waals surface area (Å²) in [6, 6.07) is 0. The van der Waals surface area contributed by atoms with E-state index in [-0.39, 0.29) is 5.75 Å². The SMILES string of the molecule is Oc1cnn(CC2CCCCS2)c1. The molecule has 4 heteroatoms. The lowest BCUT2D eigenvalue weighted by Gasteiger charge is -2.20. The van der Waals surface area contributed by atoms with E-state index >= 15 is 0 Å². The van der Waals surface area contributed by atoms with Gasteiger partial charge in [-0.3, -0.25) is 4.68 Å². The van der Waals surface area contributed by atoms with Crippen molar-refractivity contribution in [1.29, 1.82) is 0 Å². The molecule has 1 aromatic rings. The van der Waals surface area contributed by atoms with Gasteiger partial charge in [0.25, 0.3) is 0 Å². The van der Waals surface area contributed by atoms with E-state index in [1.165, 1.54) is 31.2 Å². The van der Waals surface area contributed by atoms with E-state index in [0.717, 1.165) is 6.54 Å². The summed E-state index contributed by atoms with van der Waals surface area (Å²) < 4.78 is 1.83. The molecule has 0 saturated carbocycles. The first-order valence-corrected chi connectivity index (χ1v) is 5.72. The van der Waals surface area contributed by atoms with E-state index in [0.29, 0.717) is 5.25 Å². The third-order valence-corrected chi connectivity index (χ3v) is 3.66. The lowest BCUT2D eigenvalue weighted by Crippen LogP contribution is -2.17. The molecule has 3 nitrogen and oxygen atoms in total. The molecule has 2 heterocycles. The average molecular weight is 198 g/mol. The van der Waals surface area contributed by atoms with Crippen LogP contribution in [0.3, 0.4) is 0 Å². The topological polar surface area (TPSA) is 38.1 Å². The van der Waals surface area contributed by atoms with Gasteiger partial charge in [0.1, 0.15) is 0 Å². The molecule has 0 spiro atoms. The minimum absolute atomic E-state index is 0.265. The molecule has 0 aromatic carbocycles. The zero-order chi connectivity index (χ0) is 9.10. The molecule has 2 rings (SSSR count). The Morgan fingerprint density at radius 1 is 1.62 bits per heavy atom. The minimum Gasteiger partial charge on any atom is -0.505 e. The van der Waals surface area contributed by atoms with E-state index in [2.05, 4.69) is 5.10 Å². The summed E-state index contributed by atoms with van der Waals surface area (Å²) in [6.07, 6.45) is 7.16. The van der Waals surface area contributed by atoms with Crippen molar-refractivity contribution in [3.8, 4) is 5.75 Å². The fraction of sp³-hybridized carbons (Fsp3) is 0.667. The number of rotatable bonds is 2. The minimum atomic E-state index is 0.265. The molecule has 1 N–H and O–H groups in total. The molecule has 0 bridgehead atoms. The summed E-state index contributed by atoms with van der Waals surface area (Å²) >= 11 is 2.02. The van der Waals surface area contributed by atoms with Gasteiger partial charge in [0.15, 0.2) is 5.75 Å². The van der Waals surface area contributed by atoms with Crippen molar-refractivity contribution in [3.05, 3.63) is 12.4 Å². The van der Waals surface area contributed by atoms with Gasteiger partial charge < -0.3 is 5.11 Å².